The molecule has 0 heterocycles. The summed E-state index contributed by atoms with van der Waals surface area (Å²) >= 11 is 0. The Morgan fingerprint density at radius 2 is 2.15 bits per heavy atom. The molecule has 1 amide bonds. The Morgan fingerprint density at radius 1 is 1.40 bits per heavy atom. The SMILES string of the molecule is CC(C)(C)NC(=O)CN[C@@H]1CCCc2cc(F)ccc21. The van der Waals surface area contributed by atoms with Crippen molar-refractivity contribution in [1.82, 2.24) is 10.6 Å². The molecule has 1 aliphatic carbocycles. The molecule has 0 aliphatic heterocycles. The van der Waals surface area contributed by atoms with E-state index in [1.807, 2.05) is 26.8 Å². The number of carbonyl (C=O) groups is 1. The summed E-state index contributed by atoms with van der Waals surface area (Å²) in [6, 6.07) is 5.08. The molecule has 0 unspecified atom stereocenters. The second kappa shape index (κ2) is 5.92. The Balaban J connectivity index is 1.97. The first-order valence-electron chi connectivity index (χ1n) is 7.18. The third kappa shape index (κ3) is 4.04. The molecular weight excluding hydrogens is 255 g/mol. The van der Waals surface area contributed by atoms with Crippen LogP contribution in [0.2, 0.25) is 0 Å². The van der Waals surface area contributed by atoms with Gasteiger partial charge in [-0.25, -0.2) is 4.39 Å². The number of fused-ring (bicyclic) bond motifs is 1. The zero-order valence-electron chi connectivity index (χ0n) is 12.4. The van der Waals surface area contributed by atoms with Gasteiger partial charge in [0.2, 0.25) is 5.91 Å². The van der Waals surface area contributed by atoms with Gasteiger partial charge in [-0.2, -0.15) is 0 Å². The Bertz CT molecular complexity index is 494. The van der Waals surface area contributed by atoms with Gasteiger partial charge in [0.15, 0.2) is 0 Å². The summed E-state index contributed by atoms with van der Waals surface area (Å²) in [7, 11) is 0. The number of nitrogens with one attached hydrogen (secondary N) is 2. The van der Waals surface area contributed by atoms with Gasteiger partial charge in [0, 0.05) is 11.6 Å². The number of carbonyl (C=O) groups excluding carboxylic acids is 1. The van der Waals surface area contributed by atoms with Crippen molar-refractivity contribution >= 4 is 5.91 Å². The van der Waals surface area contributed by atoms with E-state index in [9.17, 15) is 9.18 Å². The van der Waals surface area contributed by atoms with Gasteiger partial charge in [0.1, 0.15) is 5.82 Å². The van der Waals surface area contributed by atoms with Gasteiger partial charge >= 0.3 is 0 Å². The van der Waals surface area contributed by atoms with E-state index in [0.29, 0.717) is 6.54 Å². The molecule has 20 heavy (non-hydrogen) atoms. The lowest BCUT2D eigenvalue weighted by Gasteiger charge is -2.27. The summed E-state index contributed by atoms with van der Waals surface area (Å²) in [6.45, 7) is 6.18. The second-order valence-electron chi connectivity index (χ2n) is 6.47. The van der Waals surface area contributed by atoms with Crippen LogP contribution in [-0.2, 0) is 11.2 Å². The minimum absolute atomic E-state index is 0.00765. The van der Waals surface area contributed by atoms with Crippen LogP contribution in [0.15, 0.2) is 18.2 Å². The van der Waals surface area contributed by atoms with Gasteiger partial charge in [-0.3, -0.25) is 4.79 Å². The monoisotopic (exact) mass is 278 g/mol. The van der Waals surface area contributed by atoms with Crippen molar-refractivity contribution in [3.05, 3.63) is 35.1 Å². The normalized spacial score (nSPS) is 18.5. The molecule has 1 aromatic carbocycles. The van der Waals surface area contributed by atoms with Crippen LogP contribution in [0.5, 0.6) is 0 Å². The van der Waals surface area contributed by atoms with Crippen molar-refractivity contribution in [2.24, 2.45) is 0 Å². The van der Waals surface area contributed by atoms with Crippen molar-refractivity contribution in [3.63, 3.8) is 0 Å². The molecule has 1 aromatic rings. The fourth-order valence-corrected chi connectivity index (χ4v) is 2.67. The molecule has 0 saturated carbocycles. The third-order valence-electron chi connectivity index (χ3n) is 3.44. The maximum atomic E-state index is 13.2. The Labute approximate surface area is 120 Å². The standard InChI is InChI=1S/C16H23FN2O/c1-16(2,3)19-15(20)10-18-14-6-4-5-11-9-12(17)7-8-13(11)14/h7-9,14,18H,4-6,10H2,1-3H3,(H,19,20)/t14-/m1/s1. The van der Waals surface area contributed by atoms with Crippen LogP contribution in [0.3, 0.4) is 0 Å². The summed E-state index contributed by atoms with van der Waals surface area (Å²) in [5, 5.41) is 6.22. The summed E-state index contributed by atoms with van der Waals surface area (Å²) < 4.78 is 13.2. The Hall–Kier alpha value is -1.42. The first-order chi connectivity index (χ1) is 9.35. The molecule has 2 N–H and O–H groups in total. The number of halogens is 1. The van der Waals surface area contributed by atoms with Gasteiger partial charge < -0.3 is 10.6 Å². The number of benzene rings is 1. The zero-order chi connectivity index (χ0) is 14.8. The maximum Gasteiger partial charge on any atom is 0.234 e. The minimum Gasteiger partial charge on any atom is -0.350 e. The molecule has 0 saturated heterocycles. The quantitative estimate of drug-likeness (QED) is 0.892. The van der Waals surface area contributed by atoms with E-state index >= 15 is 0 Å². The van der Waals surface area contributed by atoms with E-state index in [4.69, 9.17) is 0 Å². The van der Waals surface area contributed by atoms with E-state index in [1.54, 1.807) is 6.07 Å². The molecule has 0 spiro atoms. The highest BCUT2D eigenvalue weighted by atomic mass is 19.1. The molecule has 0 bridgehead atoms. The Kier molecular flexibility index (Phi) is 4.43. The summed E-state index contributed by atoms with van der Waals surface area (Å²) in [5.74, 6) is -0.193. The summed E-state index contributed by atoms with van der Waals surface area (Å²) in [4.78, 5) is 11.8. The number of hydrogen-bond acceptors (Lipinski definition) is 2. The highest BCUT2D eigenvalue weighted by Gasteiger charge is 2.21. The van der Waals surface area contributed by atoms with Gasteiger partial charge in [0.25, 0.3) is 0 Å². The third-order valence-corrected chi connectivity index (χ3v) is 3.44. The van der Waals surface area contributed by atoms with Crippen LogP contribution in [0.25, 0.3) is 0 Å². The van der Waals surface area contributed by atoms with Gasteiger partial charge in [-0.05, 0) is 63.3 Å². The average molecular weight is 278 g/mol. The fraction of sp³-hybridized carbons (Fsp3) is 0.562. The Morgan fingerprint density at radius 3 is 2.85 bits per heavy atom. The first-order valence-corrected chi connectivity index (χ1v) is 7.18. The molecular formula is C16H23FN2O. The van der Waals surface area contributed by atoms with Crippen LogP contribution < -0.4 is 10.6 Å². The maximum absolute atomic E-state index is 13.2. The largest absolute Gasteiger partial charge is 0.350 e. The van der Waals surface area contributed by atoms with Gasteiger partial charge in [-0.15, -0.1) is 0 Å². The molecule has 0 fully saturated rings. The number of rotatable bonds is 3. The van der Waals surface area contributed by atoms with E-state index in [-0.39, 0.29) is 23.3 Å². The molecule has 0 aromatic heterocycles. The number of aryl methyl sites for hydroxylation is 1. The topological polar surface area (TPSA) is 41.1 Å². The van der Waals surface area contributed by atoms with Crippen LogP contribution >= 0.6 is 0 Å². The van der Waals surface area contributed by atoms with Gasteiger partial charge in [-0.1, -0.05) is 6.07 Å². The van der Waals surface area contributed by atoms with Crippen LogP contribution in [0.1, 0.15) is 50.8 Å². The highest BCUT2D eigenvalue weighted by molar-refractivity contribution is 5.78. The molecule has 110 valence electrons. The lowest BCUT2D eigenvalue weighted by atomic mass is 9.87. The summed E-state index contributed by atoms with van der Waals surface area (Å²) in [6.07, 6.45) is 2.93. The van der Waals surface area contributed by atoms with E-state index in [0.717, 1.165) is 30.4 Å². The zero-order valence-corrected chi connectivity index (χ0v) is 12.4. The first kappa shape index (κ1) is 15.0. The smallest absolute Gasteiger partial charge is 0.234 e. The van der Waals surface area contributed by atoms with Crippen molar-refractivity contribution in [3.8, 4) is 0 Å². The molecule has 1 atom stereocenters. The van der Waals surface area contributed by atoms with Crippen LogP contribution in [-0.4, -0.2) is 18.0 Å². The summed E-state index contributed by atoms with van der Waals surface area (Å²) in [5.41, 5.74) is 1.97. The lowest BCUT2D eigenvalue weighted by molar-refractivity contribution is -0.121. The molecule has 1 aliphatic rings. The lowest BCUT2D eigenvalue weighted by Crippen LogP contribution is -2.45. The van der Waals surface area contributed by atoms with Crippen molar-refractivity contribution in [1.29, 1.82) is 0 Å². The second-order valence-corrected chi connectivity index (χ2v) is 6.47. The molecule has 3 nitrogen and oxygen atoms in total. The minimum atomic E-state index is -0.216. The van der Waals surface area contributed by atoms with E-state index in [1.165, 1.54) is 6.07 Å². The molecule has 4 heteroatoms. The fourth-order valence-electron chi connectivity index (χ4n) is 2.67. The predicted octanol–water partition coefficient (Wildman–Crippen LogP) is 2.71. The van der Waals surface area contributed by atoms with Crippen LogP contribution in [0, 0.1) is 5.82 Å². The van der Waals surface area contributed by atoms with Crippen molar-refractivity contribution < 1.29 is 9.18 Å². The number of amides is 1. The van der Waals surface area contributed by atoms with E-state index in [2.05, 4.69) is 10.6 Å². The average Bonchev–Trinajstić information content (AvgIpc) is 2.33. The predicted molar refractivity (Wildman–Crippen MR) is 78.0 cm³/mol. The number of hydrogen-bond donors (Lipinski definition) is 2. The van der Waals surface area contributed by atoms with Crippen molar-refractivity contribution in [2.75, 3.05) is 6.54 Å². The van der Waals surface area contributed by atoms with Crippen molar-refractivity contribution in [2.45, 2.75) is 51.6 Å². The highest BCUT2D eigenvalue weighted by Crippen LogP contribution is 2.29. The van der Waals surface area contributed by atoms with Gasteiger partial charge in [0.05, 0.1) is 6.54 Å². The van der Waals surface area contributed by atoms with E-state index < -0.39 is 0 Å². The molecule has 0 radical (unpaired) electrons. The van der Waals surface area contributed by atoms with Crippen LogP contribution in [0.4, 0.5) is 4.39 Å². The molecule has 2 rings (SSSR count).